The first-order chi connectivity index (χ1) is 8.83. The molecule has 3 rings (SSSR count). The molecule has 1 aliphatic rings. The number of carbonyl (C=O) groups is 1. The van der Waals surface area contributed by atoms with Gasteiger partial charge >= 0.3 is 0 Å². The van der Waals surface area contributed by atoms with Gasteiger partial charge in [-0.3, -0.25) is 4.79 Å². The van der Waals surface area contributed by atoms with Crippen LogP contribution in [-0.2, 0) is 19.4 Å². The zero-order valence-electron chi connectivity index (χ0n) is 10.1. The molecule has 3 heteroatoms. The number of rotatable bonds is 3. The van der Waals surface area contributed by atoms with Crippen molar-refractivity contribution in [2.45, 2.75) is 19.4 Å². The van der Waals surface area contributed by atoms with Gasteiger partial charge in [0.1, 0.15) is 0 Å². The van der Waals surface area contributed by atoms with Gasteiger partial charge in [-0.2, -0.15) is 0 Å². The molecule has 0 radical (unpaired) electrons. The fourth-order valence-electron chi connectivity index (χ4n) is 2.33. The van der Waals surface area contributed by atoms with E-state index in [9.17, 15) is 4.79 Å². The number of carbonyl (C=O) groups excluding carboxylic acids is 1. The van der Waals surface area contributed by atoms with Gasteiger partial charge in [0.2, 0.25) is 0 Å². The van der Waals surface area contributed by atoms with Crippen LogP contribution in [0.25, 0.3) is 0 Å². The summed E-state index contributed by atoms with van der Waals surface area (Å²) in [4.78, 5) is 13.3. The second kappa shape index (κ2) is 5.04. The molecule has 0 spiro atoms. The lowest BCUT2D eigenvalue weighted by Gasteiger charge is -2.17. The van der Waals surface area contributed by atoms with Crippen molar-refractivity contribution in [2.75, 3.05) is 6.54 Å². The van der Waals surface area contributed by atoms with Crippen molar-refractivity contribution in [3.05, 3.63) is 57.3 Å². The van der Waals surface area contributed by atoms with E-state index in [1.165, 1.54) is 11.1 Å². The second-order valence-electron chi connectivity index (χ2n) is 4.59. The molecule has 0 unspecified atom stereocenters. The van der Waals surface area contributed by atoms with Crippen LogP contribution in [-0.4, -0.2) is 12.3 Å². The molecule has 0 atom stereocenters. The van der Waals surface area contributed by atoms with E-state index in [2.05, 4.69) is 17.4 Å². The first-order valence-corrected chi connectivity index (χ1v) is 7.09. The van der Waals surface area contributed by atoms with E-state index in [0.717, 1.165) is 30.0 Å². The molecule has 0 saturated heterocycles. The van der Waals surface area contributed by atoms with Gasteiger partial charge < -0.3 is 5.32 Å². The van der Waals surface area contributed by atoms with Crippen LogP contribution in [0, 0.1) is 0 Å². The van der Waals surface area contributed by atoms with E-state index in [1.54, 1.807) is 11.3 Å². The number of nitrogens with one attached hydrogen (secondary N) is 1. The molecule has 2 nitrogen and oxygen atoms in total. The van der Waals surface area contributed by atoms with Gasteiger partial charge in [-0.05, 0) is 41.6 Å². The number of thiophene rings is 1. The van der Waals surface area contributed by atoms with Crippen LogP contribution in [0.4, 0.5) is 0 Å². The quantitative estimate of drug-likeness (QED) is 0.857. The number of ketones is 1. The summed E-state index contributed by atoms with van der Waals surface area (Å²) in [5.74, 6) is 0.214. The molecule has 18 heavy (non-hydrogen) atoms. The summed E-state index contributed by atoms with van der Waals surface area (Å²) in [5.41, 5.74) is 3.49. The highest BCUT2D eigenvalue weighted by molar-refractivity contribution is 7.10. The molecule has 0 amide bonds. The van der Waals surface area contributed by atoms with E-state index in [1.807, 2.05) is 23.6 Å². The first-order valence-electron chi connectivity index (χ1n) is 6.21. The van der Waals surface area contributed by atoms with Crippen LogP contribution in [0.5, 0.6) is 0 Å². The maximum absolute atomic E-state index is 12.2. The van der Waals surface area contributed by atoms with Gasteiger partial charge in [0.05, 0.1) is 0 Å². The van der Waals surface area contributed by atoms with Gasteiger partial charge in [-0.15, -0.1) is 11.3 Å². The molecule has 1 aromatic heterocycles. The summed E-state index contributed by atoms with van der Waals surface area (Å²) >= 11 is 1.64. The third-order valence-corrected chi connectivity index (χ3v) is 4.21. The first kappa shape index (κ1) is 11.6. The summed E-state index contributed by atoms with van der Waals surface area (Å²) < 4.78 is 0. The Balaban J connectivity index is 1.81. The Bertz CT molecular complexity index is 560. The van der Waals surface area contributed by atoms with Crippen LogP contribution in [0.3, 0.4) is 0 Å². The topological polar surface area (TPSA) is 29.1 Å². The van der Waals surface area contributed by atoms with E-state index >= 15 is 0 Å². The average molecular weight is 257 g/mol. The summed E-state index contributed by atoms with van der Waals surface area (Å²) in [5, 5.41) is 5.36. The Hall–Kier alpha value is -1.45. The van der Waals surface area contributed by atoms with E-state index in [4.69, 9.17) is 0 Å². The lowest BCUT2D eigenvalue weighted by molar-refractivity contribution is 0.0993. The zero-order chi connectivity index (χ0) is 12.4. The molecule has 1 N–H and O–H groups in total. The summed E-state index contributed by atoms with van der Waals surface area (Å²) in [6, 6.07) is 10.1. The minimum atomic E-state index is 0.214. The molecule has 0 aliphatic carbocycles. The van der Waals surface area contributed by atoms with Crippen molar-refractivity contribution in [3.63, 3.8) is 0 Å². The second-order valence-corrected chi connectivity index (χ2v) is 5.62. The van der Waals surface area contributed by atoms with Gasteiger partial charge in [0, 0.05) is 23.4 Å². The maximum atomic E-state index is 12.2. The fourth-order valence-corrected chi connectivity index (χ4v) is 3.03. The molecule has 2 heterocycles. The Morgan fingerprint density at radius 2 is 2.22 bits per heavy atom. The van der Waals surface area contributed by atoms with Gasteiger partial charge in [-0.1, -0.05) is 18.2 Å². The molecular weight excluding hydrogens is 242 g/mol. The molecule has 2 aromatic rings. The minimum absolute atomic E-state index is 0.214. The van der Waals surface area contributed by atoms with Crippen LogP contribution < -0.4 is 5.32 Å². The minimum Gasteiger partial charge on any atom is -0.312 e. The van der Waals surface area contributed by atoms with Crippen LogP contribution in [0.1, 0.15) is 26.4 Å². The van der Waals surface area contributed by atoms with Crippen molar-refractivity contribution in [1.82, 2.24) is 5.32 Å². The third kappa shape index (κ3) is 2.37. The fraction of sp³-hybridized carbons (Fsp3) is 0.267. The van der Waals surface area contributed by atoms with Gasteiger partial charge in [-0.25, -0.2) is 0 Å². The van der Waals surface area contributed by atoms with Crippen LogP contribution in [0.2, 0.25) is 0 Å². The largest absolute Gasteiger partial charge is 0.312 e. The summed E-state index contributed by atoms with van der Waals surface area (Å²) in [6.07, 6.45) is 1.58. The molecule has 0 bridgehead atoms. The highest BCUT2D eigenvalue weighted by atomic mass is 32.1. The average Bonchev–Trinajstić information content (AvgIpc) is 2.91. The molecule has 1 aromatic carbocycles. The predicted molar refractivity (Wildman–Crippen MR) is 74.2 cm³/mol. The van der Waals surface area contributed by atoms with Crippen LogP contribution in [0.15, 0.2) is 35.7 Å². The molecule has 1 aliphatic heterocycles. The summed E-state index contributed by atoms with van der Waals surface area (Å²) in [6.45, 7) is 1.92. The Labute approximate surface area is 111 Å². The number of fused-ring (bicyclic) bond motifs is 1. The molecule has 0 saturated carbocycles. The molecule has 92 valence electrons. The van der Waals surface area contributed by atoms with Crippen molar-refractivity contribution < 1.29 is 4.79 Å². The standard InChI is InChI=1S/C15H15NOS/c17-15(9-14-2-1-7-18-14)12-4-3-11-5-6-16-10-13(11)8-12/h1-4,7-8,16H,5-6,9-10H2. The predicted octanol–water partition coefficient (Wildman–Crippen LogP) is 2.82. The van der Waals surface area contributed by atoms with Crippen molar-refractivity contribution in [3.8, 4) is 0 Å². The van der Waals surface area contributed by atoms with Crippen LogP contribution >= 0.6 is 11.3 Å². The number of hydrogen-bond donors (Lipinski definition) is 1. The van der Waals surface area contributed by atoms with E-state index in [-0.39, 0.29) is 5.78 Å². The molecule has 0 fully saturated rings. The van der Waals surface area contributed by atoms with Crippen molar-refractivity contribution in [2.24, 2.45) is 0 Å². The maximum Gasteiger partial charge on any atom is 0.168 e. The lowest BCUT2D eigenvalue weighted by Crippen LogP contribution is -2.23. The zero-order valence-corrected chi connectivity index (χ0v) is 10.9. The Morgan fingerprint density at radius 3 is 3.06 bits per heavy atom. The Morgan fingerprint density at radius 1 is 1.28 bits per heavy atom. The number of Topliss-reactive ketones (excluding diaryl/α,β-unsaturated/α-hetero) is 1. The lowest BCUT2D eigenvalue weighted by atomic mass is 9.96. The monoisotopic (exact) mass is 257 g/mol. The number of benzene rings is 1. The van der Waals surface area contributed by atoms with Crippen molar-refractivity contribution >= 4 is 17.1 Å². The molecular formula is C15H15NOS. The van der Waals surface area contributed by atoms with E-state index < -0.39 is 0 Å². The van der Waals surface area contributed by atoms with E-state index in [0.29, 0.717) is 6.42 Å². The summed E-state index contributed by atoms with van der Waals surface area (Å²) in [7, 11) is 0. The highest BCUT2D eigenvalue weighted by Gasteiger charge is 2.13. The Kier molecular flexibility index (Phi) is 3.26. The van der Waals surface area contributed by atoms with Gasteiger partial charge in [0.25, 0.3) is 0 Å². The smallest absolute Gasteiger partial charge is 0.168 e. The third-order valence-electron chi connectivity index (χ3n) is 3.33. The van der Waals surface area contributed by atoms with Crippen molar-refractivity contribution in [1.29, 1.82) is 0 Å². The van der Waals surface area contributed by atoms with Gasteiger partial charge in [0.15, 0.2) is 5.78 Å². The SMILES string of the molecule is O=C(Cc1cccs1)c1ccc2c(c1)CNCC2. The highest BCUT2D eigenvalue weighted by Crippen LogP contribution is 2.18. The number of hydrogen-bond acceptors (Lipinski definition) is 3. The normalized spacial score (nSPS) is 14.2.